The second-order valence-corrected chi connectivity index (χ2v) is 6.02. The fourth-order valence-corrected chi connectivity index (χ4v) is 2.74. The summed E-state index contributed by atoms with van der Waals surface area (Å²) in [6, 6.07) is 6.50. The maximum atomic E-state index is 6.37. The van der Waals surface area contributed by atoms with Crippen molar-refractivity contribution in [2.45, 2.75) is 39.0 Å². The lowest BCUT2D eigenvalue weighted by Gasteiger charge is -2.23. The number of rotatable bonds is 1. The Hall–Kier alpha value is -0.690. The van der Waals surface area contributed by atoms with Crippen LogP contribution in [0.25, 0.3) is 0 Å². The van der Waals surface area contributed by atoms with Crippen LogP contribution in [0.1, 0.15) is 39.2 Å². The first kappa shape index (κ1) is 11.8. The summed E-state index contributed by atoms with van der Waals surface area (Å²) in [6.45, 7) is 8.94. The van der Waals surface area contributed by atoms with Crippen LogP contribution < -0.4 is 4.90 Å². The van der Waals surface area contributed by atoms with E-state index in [-0.39, 0.29) is 5.41 Å². The summed E-state index contributed by atoms with van der Waals surface area (Å²) in [5.41, 5.74) is 2.63. The normalized spacial score (nSPS) is 16.9. The SMILES string of the molecule is CC(C)(C)c1ccc(N2CCCC2)cc1Cl. The van der Waals surface area contributed by atoms with E-state index in [1.54, 1.807) is 0 Å². The van der Waals surface area contributed by atoms with Gasteiger partial charge in [-0.1, -0.05) is 38.4 Å². The molecule has 0 saturated carbocycles. The summed E-state index contributed by atoms with van der Waals surface area (Å²) < 4.78 is 0. The molecular formula is C14H20ClN. The molecule has 2 rings (SSSR count). The lowest BCUT2D eigenvalue weighted by molar-refractivity contribution is 0.590. The van der Waals surface area contributed by atoms with Gasteiger partial charge >= 0.3 is 0 Å². The predicted octanol–water partition coefficient (Wildman–Crippen LogP) is 4.24. The van der Waals surface area contributed by atoms with Gasteiger partial charge in [-0.2, -0.15) is 0 Å². The highest BCUT2D eigenvalue weighted by Gasteiger charge is 2.19. The average molecular weight is 238 g/mol. The molecule has 0 radical (unpaired) electrons. The molecule has 1 aromatic carbocycles. The van der Waals surface area contributed by atoms with Crippen LogP contribution in [0.15, 0.2) is 18.2 Å². The van der Waals surface area contributed by atoms with Gasteiger partial charge in [0, 0.05) is 23.8 Å². The van der Waals surface area contributed by atoms with Crippen molar-refractivity contribution in [1.82, 2.24) is 0 Å². The minimum Gasteiger partial charge on any atom is -0.371 e. The van der Waals surface area contributed by atoms with Gasteiger partial charge in [0.2, 0.25) is 0 Å². The third kappa shape index (κ3) is 2.35. The lowest BCUT2D eigenvalue weighted by Crippen LogP contribution is -2.18. The fourth-order valence-electron chi connectivity index (χ4n) is 2.28. The quantitative estimate of drug-likeness (QED) is 0.706. The second-order valence-electron chi connectivity index (χ2n) is 5.61. The predicted molar refractivity (Wildman–Crippen MR) is 71.6 cm³/mol. The van der Waals surface area contributed by atoms with Crippen molar-refractivity contribution in [3.05, 3.63) is 28.8 Å². The molecule has 0 N–H and O–H groups in total. The van der Waals surface area contributed by atoms with Crippen molar-refractivity contribution in [2.75, 3.05) is 18.0 Å². The van der Waals surface area contributed by atoms with Crippen molar-refractivity contribution >= 4 is 17.3 Å². The molecule has 0 bridgehead atoms. The van der Waals surface area contributed by atoms with Crippen LogP contribution in [-0.4, -0.2) is 13.1 Å². The van der Waals surface area contributed by atoms with E-state index < -0.39 is 0 Å². The Morgan fingerprint density at radius 1 is 1.12 bits per heavy atom. The second kappa shape index (κ2) is 4.29. The Morgan fingerprint density at radius 3 is 2.25 bits per heavy atom. The molecule has 0 aliphatic carbocycles. The van der Waals surface area contributed by atoms with Gasteiger partial charge in [0.15, 0.2) is 0 Å². The largest absolute Gasteiger partial charge is 0.371 e. The summed E-state index contributed by atoms with van der Waals surface area (Å²) in [6.07, 6.45) is 2.61. The molecule has 1 aromatic rings. The van der Waals surface area contributed by atoms with Gasteiger partial charge in [-0.15, -0.1) is 0 Å². The lowest BCUT2D eigenvalue weighted by atomic mass is 9.87. The molecule has 1 saturated heterocycles. The first-order chi connectivity index (χ1) is 7.48. The molecule has 1 heterocycles. The van der Waals surface area contributed by atoms with Gasteiger partial charge in [0.1, 0.15) is 0 Å². The number of benzene rings is 1. The Bertz CT molecular complexity index is 373. The Balaban J connectivity index is 2.29. The van der Waals surface area contributed by atoms with Crippen LogP contribution in [0.5, 0.6) is 0 Å². The average Bonchev–Trinajstić information content (AvgIpc) is 2.68. The van der Waals surface area contributed by atoms with E-state index in [0.29, 0.717) is 0 Å². The zero-order valence-corrected chi connectivity index (χ0v) is 11.1. The molecule has 0 aromatic heterocycles. The van der Waals surface area contributed by atoms with E-state index in [1.165, 1.54) is 37.2 Å². The first-order valence-corrected chi connectivity index (χ1v) is 6.41. The van der Waals surface area contributed by atoms with E-state index in [0.717, 1.165) is 5.02 Å². The molecule has 0 amide bonds. The standard InChI is InChI=1S/C14H20ClN/c1-14(2,3)12-7-6-11(10-13(12)15)16-8-4-5-9-16/h6-7,10H,4-5,8-9H2,1-3H3. The first-order valence-electron chi connectivity index (χ1n) is 6.03. The minimum absolute atomic E-state index is 0.126. The molecule has 1 fully saturated rings. The highest BCUT2D eigenvalue weighted by atomic mass is 35.5. The van der Waals surface area contributed by atoms with Crippen LogP contribution in [0, 0.1) is 0 Å². The Labute approximate surface area is 103 Å². The van der Waals surface area contributed by atoms with Crippen molar-refractivity contribution in [1.29, 1.82) is 0 Å². The van der Waals surface area contributed by atoms with Crippen molar-refractivity contribution in [2.24, 2.45) is 0 Å². The molecule has 0 spiro atoms. The molecule has 2 heteroatoms. The minimum atomic E-state index is 0.126. The number of hydrogen-bond donors (Lipinski definition) is 0. The third-order valence-electron chi connectivity index (χ3n) is 3.23. The van der Waals surface area contributed by atoms with E-state index in [9.17, 15) is 0 Å². The topological polar surface area (TPSA) is 3.24 Å². The number of nitrogens with zero attached hydrogens (tertiary/aromatic N) is 1. The summed E-state index contributed by atoms with van der Waals surface area (Å²) >= 11 is 6.37. The maximum Gasteiger partial charge on any atom is 0.0463 e. The summed E-state index contributed by atoms with van der Waals surface area (Å²) in [5, 5.41) is 0.900. The fraction of sp³-hybridized carbons (Fsp3) is 0.571. The molecule has 16 heavy (non-hydrogen) atoms. The molecular weight excluding hydrogens is 218 g/mol. The number of anilines is 1. The monoisotopic (exact) mass is 237 g/mol. The smallest absolute Gasteiger partial charge is 0.0463 e. The Kier molecular flexibility index (Phi) is 3.16. The zero-order valence-electron chi connectivity index (χ0n) is 10.4. The van der Waals surface area contributed by atoms with Crippen LogP contribution in [-0.2, 0) is 5.41 Å². The van der Waals surface area contributed by atoms with Crippen molar-refractivity contribution < 1.29 is 0 Å². The van der Waals surface area contributed by atoms with Crippen LogP contribution >= 0.6 is 11.6 Å². The van der Waals surface area contributed by atoms with Gasteiger partial charge in [0.05, 0.1) is 0 Å². The van der Waals surface area contributed by atoms with Gasteiger partial charge < -0.3 is 4.90 Å². The van der Waals surface area contributed by atoms with Crippen LogP contribution in [0.2, 0.25) is 5.02 Å². The van der Waals surface area contributed by atoms with Crippen molar-refractivity contribution in [3.63, 3.8) is 0 Å². The molecule has 1 aliphatic rings. The van der Waals surface area contributed by atoms with E-state index in [4.69, 9.17) is 11.6 Å². The maximum absolute atomic E-state index is 6.37. The molecule has 0 unspecified atom stereocenters. The van der Waals surface area contributed by atoms with Gasteiger partial charge in [0.25, 0.3) is 0 Å². The van der Waals surface area contributed by atoms with Gasteiger partial charge in [-0.25, -0.2) is 0 Å². The molecule has 1 aliphatic heterocycles. The Morgan fingerprint density at radius 2 is 1.75 bits per heavy atom. The highest BCUT2D eigenvalue weighted by molar-refractivity contribution is 6.31. The highest BCUT2D eigenvalue weighted by Crippen LogP contribution is 2.33. The molecule has 1 nitrogen and oxygen atoms in total. The third-order valence-corrected chi connectivity index (χ3v) is 3.54. The van der Waals surface area contributed by atoms with E-state index >= 15 is 0 Å². The number of halogens is 1. The zero-order chi connectivity index (χ0) is 11.8. The number of hydrogen-bond acceptors (Lipinski definition) is 1. The molecule has 88 valence electrons. The van der Waals surface area contributed by atoms with Gasteiger partial charge in [-0.05, 0) is 36.0 Å². The van der Waals surface area contributed by atoms with Crippen molar-refractivity contribution in [3.8, 4) is 0 Å². The van der Waals surface area contributed by atoms with E-state index in [1.807, 2.05) is 0 Å². The summed E-state index contributed by atoms with van der Waals surface area (Å²) in [5.74, 6) is 0. The molecule has 0 atom stereocenters. The van der Waals surface area contributed by atoms with E-state index in [2.05, 4.69) is 43.9 Å². The summed E-state index contributed by atoms with van der Waals surface area (Å²) in [4.78, 5) is 2.42. The van der Waals surface area contributed by atoms with Crippen LogP contribution in [0.3, 0.4) is 0 Å². The van der Waals surface area contributed by atoms with Crippen LogP contribution in [0.4, 0.5) is 5.69 Å². The summed E-state index contributed by atoms with van der Waals surface area (Å²) in [7, 11) is 0. The van der Waals surface area contributed by atoms with Gasteiger partial charge in [-0.3, -0.25) is 0 Å².